The lowest BCUT2D eigenvalue weighted by atomic mass is 9.74. The van der Waals surface area contributed by atoms with E-state index < -0.39 is 0 Å². The summed E-state index contributed by atoms with van der Waals surface area (Å²) in [6, 6.07) is 0. The Morgan fingerprint density at radius 1 is 1.00 bits per heavy atom. The second-order valence-corrected chi connectivity index (χ2v) is 7.46. The Labute approximate surface area is 139 Å². The summed E-state index contributed by atoms with van der Waals surface area (Å²) in [6.45, 7) is 14.7. The zero-order valence-electron chi connectivity index (χ0n) is 16.0. The van der Waals surface area contributed by atoms with Gasteiger partial charge in [0, 0.05) is 13.2 Å². The molecule has 0 fully saturated rings. The number of hydrogen-bond donors (Lipinski definition) is 1. The standard InChI is InChI=1S/C19H41NO2/c1-7-22-16-11-9-8-10-14-20(6)15-12-13-17(2)19(4,5)18(3)21/h17-18,21H,7-16H2,1-6H3. The largest absolute Gasteiger partial charge is 0.393 e. The summed E-state index contributed by atoms with van der Waals surface area (Å²) in [5.41, 5.74) is 0.0130. The van der Waals surface area contributed by atoms with E-state index in [1.54, 1.807) is 0 Å². The van der Waals surface area contributed by atoms with Gasteiger partial charge in [-0.05, 0) is 71.0 Å². The van der Waals surface area contributed by atoms with Gasteiger partial charge in [0.25, 0.3) is 0 Å². The monoisotopic (exact) mass is 315 g/mol. The van der Waals surface area contributed by atoms with Gasteiger partial charge in [-0.3, -0.25) is 0 Å². The van der Waals surface area contributed by atoms with Crippen LogP contribution in [0.5, 0.6) is 0 Å². The summed E-state index contributed by atoms with van der Waals surface area (Å²) >= 11 is 0. The van der Waals surface area contributed by atoms with Crippen LogP contribution in [0.4, 0.5) is 0 Å². The molecule has 1 N–H and O–H groups in total. The molecule has 0 aromatic rings. The molecule has 0 aliphatic heterocycles. The highest BCUT2D eigenvalue weighted by molar-refractivity contribution is 4.80. The summed E-state index contributed by atoms with van der Waals surface area (Å²) < 4.78 is 5.35. The van der Waals surface area contributed by atoms with E-state index in [4.69, 9.17) is 4.74 Å². The van der Waals surface area contributed by atoms with E-state index in [0.717, 1.165) is 13.2 Å². The van der Waals surface area contributed by atoms with Crippen molar-refractivity contribution in [2.75, 3.05) is 33.4 Å². The topological polar surface area (TPSA) is 32.7 Å². The maximum Gasteiger partial charge on any atom is 0.0565 e. The zero-order chi connectivity index (χ0) is 17.0. The van der Waals surface area contributed by atoms with Crippen molar-refractivity contribution in [3.63, 3.8) is 0 Å². The first-order valence-corrected chi connectivity index (χ1v) is 9.26. The molecule has 0 saturated carbocycles. The average Bonchev–Trinajstić information content (AvgIpc) is 2.45. The van der Waals surface area contributed by atoms with E-state index in [9.17, 15) is 5.11 Å². The summed E-state index contributed by atoms with van der Waals surface area (Å²) in [7, 11) is 2.23. The molecule has 134 valence electrons. The highest BCUT2D eigenvalue weighted by Crippen LogP contribution is 2.33. The van der Waals surface area contributed by atoms with Gasteiger partial charge >= 0.3 is 0 Å². The maximum atomic E-state index is 9.86. The Kier molecular flexibility index (Phi) is 12.3. The predicted octanol–water partition coefficient (Wildman–Crippen LogP) is 4.34. The van der Waals surface area contributed by atoms with Crippen molar-refractivity contribution in [3.8, 4) is 0 Å². The number of aliphatic hydroxyl groups excluding tert-OH is 1. The lowest BCUT2D eigenvalue weighted by Gasteiger charge is -2.35. The van der Waals surface area contributed by atoms with Crippen LogP contribution < -0.4 is 0 Å². The second kappa shape index (κ2) is 12.3. The average molecular weight is 316 g/mol. The van der Waals surface area contributed by atoms with Crippen molar-refractivity contribution in [1.82, 2.24) is 4.90 Å². The van der Waals surface area contributed by atoms with Gasteiger partial charge in [-0.15, -0.1) is 0 Å². The molecule has 0 radical (unpaired) electrons. The molecule has 0 aromatic carbocycles. The van der Waals surface area contributed by atoms with Gasteiger partial charge in [0.15, 0.2) is 0 Å². The Morgan fingerprint density at radius 3 is 2.18 bits per heavy atom. The van der Waals surface area contributed by atoms with E-state index in [2.05, 4.69) is 39.6 Å². The third kappa shape index (κ3) is 9.81. The van der Waals surface area contributed by atoms with Crippen LogP contribution in [-0.4, -0.2) is 49.5 Å². The van der Waals surface area contributed by atoms with Crippen molar-refractivity contribution in [2.45, 2.75) is 79.2 Å². The Morgan fingerprint density at radius 2 is 1.59 bits per heavy atom. The Balaban J connectivity index is 3.59. The van der Waals surface area contributed by atoms with Crippen molar-refractivity contribution in [1.29, 1.82) is 0 Å². The quantitative estimate of drug-likeness (QED) is 0.484. The lowest BCUT2D eigenvalue weighted by Crippen LogP contribution is -2.33. The number of aliphatic hydroxyl groups is 1. The second-order valence-electron chi connectivity index (χ2n) is 7.46. The molecular weight excluding hydrogens is 274 g/mol. The Bertz CT molecular complexity index is 254. The number of nitrogens with zero attached hydrogens (tertiary/aromatic N) is 1. The van der Waals surface area contributed by atoms with Crippen LogP contribution in [0, 0.1) is 11.3 Å². The van der Waals surface area contributed by atoms with Crippen LogP contribution in [0.2, 0.25) is 0 Å². The van der Waals surface area contributed by atoms with Crippen LogP contribution in [0.3, 0.4) is 0 Å². The number of unbranched alkanes of at least 4 members (excludes halogenated alkanes) is 3. The van der Waals surface area contributed by atoms with E-state index in [1.165, 1.54) is 51.6 Å². The molecule has 2 atom stereocenters. The fraction of sp³-hybridized carbons (Fsp3) is 1.00. The van der Waals surface area contributed by atoms with Crippen LogP contribution in [-0.2, 0) is 4.74 Å². The molecule has 0 spiro atoms. The first kappa shape index (κ1) is 21.9. The summed E-state index contributed by atoms with van der Waals surface area (Å²) in [4.78, 5) is 2.45. The van der Waals surface area contributed by atoms with Gasteiger partial charge in [-0.25, -0.2) is 0 Å². The van der Waals surface area contributed by atoms with Gasteiger partial charge in [-0.1, -0.05) is 33.6 Å². The van der Waals surface area contributed by atoms with Gasteiger partial charge in [0.1, 0.15) is 0 Å². The molecule has 0 amide bonds. The normalized spacial score (nSPS) is 15.3. The van der Waals surface area contributed by atoms with Gasteiger partial charge < -0.3 is 14.7 Å². The van der Waals surface area contributed by atoms with E-state index in [-0.39, 0.29) is 11.5 Å². The molecule has 0 bridgehead atoms. The summed E-state index contributed by atoms with van der Waals surface area (Å²) in [6.07, 6.45) is 7.25. The Hall–Kier alpha value is -0.120. The van der Waals surface area contributed by atoms with E-state index >= 15 is 0 Å². The van der Waals surface area contributed by atoms with Crippen molar-refractivity contribution < 1.29 is 9.84 Å². The molecule has 0 saturated heterocycles. The van der Waals surface area contributed by atoms with Crippen molar-refractivity contribution in [3.05, 3.63) is 0 Å². The molecule has 0 rings (SSSR count). The minimum Gasteiger partial charge on any atom is -0.393 e. The smallest absolute Gasteiger partial charge is 0.0565 e. The molecule has 3 heteroatoms. The molecule has 0 aromatic heterocycles. The van der Waals surface area contributed by atoms with Gasteiger partial charge in [-0.2, -0.15) is 0 Å². The van der Waals surface area contributed by atoms with Crippen molar-refractivity contribution >= 4 is 0 Å². The van der Waals surface area contributed by atoms with Crippen LogP contribution >= 0.6 is 0 Å². The predicted molar refractivity (Wildman–Crippen MR) is 96.3 cm³/mol. The maximum absolute atomic E-state index is 9.86. The molecule has 0 aliphatic rings. The molecular formula is C19H41NO2. The molecule has 0 aliphatic carbocycles. The van der Waals surface area contributed by atoms with Crippen LogP contribution in [0.15, 0.2) is 0 Å². The zero-order valence-corrected chi connectivity index (χ0v) is 16.0. The summed E-state index contributed by atoms with van der Waals surface area (Å²) in [5, 5.41) is 9.86. The first-order valence-electron chi connectivity index (χ1n) is 9.26. The summed E-state index contributed by atoms with van der Waals surface area (Å²) in [5.74, 6) is 0.555. The van der Waals surface area contributed by atoms with Gasteiger partial charge in [0.2, 0.25) is 0 Å². The van der Waals surface area contributed by atoms with Crippen molar-refractivity contribution in [2.24, 2.45) is 11.3 Å². The van der Waals surface area contributed by atoms with E-state index in [1.807, 2.05) is 6.92 Å². The fourth-order valence-electron chi connectivity index (χ4n) is 2.65. The highest BCUT2D eigenvalue weighted by Gasteiger charge is 2.30. The minimum atomic E-state index is -0.239. The third-order valence-corrected chi connectivity index (χ3v) is 5.31. The molecule has 0 heterocycles. The number of ether oxygens (including phenoxy) is 1. The SMILES string of the molecule is CCOCCCCCCN(C)CCCC(C)C(C)(C)C(C)O. The third-order valence-electron chi connectivity index (χ3n) is 5.31. The van der Waals surface area contributed by atoms with Gasteiger partial charge in [0.05, 0.1) is 6.10 Å². The highest BCUT2D eigenvalue weighted by atomic mass is 16.5. The van der Waals surface area contributed by atoms with E-state index in [0.29, 0.717) is 5.92 Å². The number of hydrogen-bond acceptors (Lipinski definition) is 3. The first-order chi connectivity index (χ1) is 10.3. The minimum absolute atomic E-state index is 0.0130. The van der Waals surface area contributed by atoms with Crippen LogP contribution in [0.25, 0.3) is 0 Å². The fourth-order valence-corrected chi connectivity index (χ4v) is 2.65. The number of rotatable bonds is 14. The van der Waals surface area contributed by atoms with Crippen LogP contribution in [0.1, 0.15) is 73.1 Å². The molecule has 2 unspecified atom stereocenters. The lowest BCUT2D eigenvalue weighted by molar-refractivity contribution is 0.0213. The molecule has 3 nitrogen and oxygen atoms in total. The molecule has 22 heavy (non-hydrogen) atoms.